The van der Waals surface area contributed by atoms with Gasteiger partial charge >= 0.3 is 0 Å². The van der Waals surface area contributed by atoms with Crippen LogP contribution in [0.4, 0.5) is 0 Å². The zero-order valence-electron chi connectivity index (χ0n) is 15.2. The molecule has 0 aliphatic rings. The zero-order chi connectivity index (χ0) is 18.1. The average Bonchev–Trinajstić information content (AvgIpc) is 2.63. The van der Waals surface area contributed by atoms with Crippen LogP contribution in [-0.2, 0) is 13.1 Å². The highest BCUT2D eigenvalue weighted by Crippen LogP contribution is 2.11. The molecule has 1 aromatic carbocycles. The highest BCUT2D eigenvalue weighted by Gasteiger charge is 2.02. The van der Waals surface area contributed by atoms with Crippen molar-refractivity contribution in [3.05, 3.63) is 53.7 Å². The quantitative estimate of drug-likeness (QED) is 0.598. The first-order valence-corrected chi connectivity index (χ1v) is 8.29. The molecule has 2 rings (SSSR count). The van der Waals surface area contributed by atoms with Crippen molar-refractivity contribution < 1.29 is 9.47 Å². The lowest BCUT2D eigenvalue weighted by molar-refractivity contribution is 0.232. The Morgan fingerprint density at radius 1 is 1.04 bits per heavy atom. The molecule has 0 aliphatic heterocycles. The van der Waals surface area contributed by atoms with Gasteiger partial charge in [0.1, 0.15) is 5.75 Å². The Morgan fingerprint density at radius 2 is 1.68 bits per heavy atom. The summed E-state index contributed by atoms with van der Waals surface area (Å²) >= 11 is 0. The van der Waals surface area contributed by atoms with E-state index < -0.39 is 0 Å². The topological polar surface area (TPSA) is 67.8 Å². The monoisotopic (exact) mass is 342 g/mol. The van der Waals surface area contributed by atoms with E-state index in [2.05, 4.69) is 20.6 Å². The van der Waals surface area contributed by atoms with Crippen LogP contribution in [0.2, 0.25) is 0 Å². The number of nitrogens with zero attached hydrogens (tertiary/aromatic N) is 2. The van der Waals surface area contributed by atoms with Crippen molar-refractivity contribution in [2.24, 2.45) is 4.99 Å². The second kappa shape index (κ2) is 9.52. The summed E-state index contributed by atoms with van der Waals surface area (Å²) in [7, 11) is 3.41. The highest BCUT2D eigenvalue weighted by molar-refractivity contribution is 5.79. The SMILES string of the molecule is CN=C(NCc1ccc(OC)cc1)NCc1ccc(OC(C)C)nc1. The Bertz CT molecular complexity index is 667. The Kier molecular flexibility index (Phi) is 7.07. The highest BCUT2D eigenvalue weighted by atomic mass is 16.5. The number of benzene rings is 1. The standard InChI is InChI=1S/C19H26N4O2/c1-14(2)25-18-10-7-16(12-21-18)13-23-19(20-3)22-11-15-5-8-17(24-4)9-6-15/h5-10,12,14H,11,13H2,1-4H3,(H2,20,22,23). The molecule has 0 unspecified atom stereocenters. The number of methoxy groups -OCH3 is 1. The summed E-state index contributed by atoms with van der Waals surface area (Å²) in [6.45, 7) is 5.28. The van der Waals surface area contributed by atoms with Gasteiger partial charge in [-0.25, -0.2) is 4.98 Å². The molecule has 0 amide bonds. The number of aromatic nitrogens is 1. The number of hydrogen-bond acceptors (Lipinski definition) is 4. The van der Waals surface area contributed by atoms with Gasteiger partial charge in [-0.05, 0) is 37.1 Å². The third-order valence-electron chi connectivity index (χ3n) is 3.46. The van der Waals surface area contributed by atoms with Crippen molar-refractivity contribution in [2.45, 2.75) is 33.0 Å². The molecule has 1 heterocycles. The molecule has 0 spiro atoms. The van der Waals surface area contributed by atoms with Gasteiger partial charge < -0.3 is 20.1 Å². The number of guanidine groups is 1. The molecule has 2 N–H and O–H groups in total. The van der Waals surface area contributed by atoms with Crippen LogP contribution in [0.1, 0.15) is 25.0 Å². The molecule has 2 aromatic rings. The van der Waals surface area contributed by atoms with Crippen molar-refractivity contribution in [3.63, 3.8) is 0 Å². The number of hydrogen-bond donors (Lipinski definition) is 2. The second-order valence-corrected chi connectivity index (χ2v) is 5.80. The Morgan fingerprint density at radius 3 is 2.20 bits per heavy atom. The fourth-order valence-electron chi connectivity index (χ4n) is 2.16. The molecule has 6 nitrogen and oxygen atoms in total. The Labute approximate surface area is 149 Å². The van der Waals surface area contributed by atoms with E-state index in [1.807, 2.05) is 56.4 Å². The molecular formula is C19H26N4O2. The van der Waals surface area contributed by atoms with Gasteiger partial charge in [-0.15, -0.1) is 0 Å². The molecule has 0 saturated heterocycles. The van der Waals surface area contributed by atoms with Gasteiger partial charge in [-0.1, -0.05) is 18.2 Å². The predicted octanol–water partition coefficient (Wildman–Crippen LogP) is 2.74. The summed E-state index contributed by atoms with van der Waals surface area (Å²) in [5, 5.41) is 6.56. The summed E-state index contributed by atoms with van der Waals surface area (Å²) in [5.41, 5.74) is 2.21. The number of nitrogens with one attached hydrogen (secondary N) is 2. The molecule has 0 bridgehead atoms. The van der Waals surface area contributed by atoms with Crippen LogP contribution in [0.3, 0.4) is 0 Å². The van der Waals surface area contributed by atoms with Gasteiger partial charge in [0.2, 0.25) is 5.88 Å². The third kappa shape index (κ3) is 6.33. The Hall–Kier alpha value is -2.76. The van der Waals surface area contributed by atoms with Crippen LogP contribution in [0.15, 0.2) is 47.6 Å². The van der Waals surface area contributed by atoms with Gasteiger partial charge in [0.05, 0.1) is 13.2 Å². The molecule has 0 aliphatic carbocycles. The minimum absolute atomic E-state index is 0.123. The van der Waals surface area contributed by atoms with Crippen molar-refractivity contribution in [1.82, 2.24) is 15.6 Å². The van der Waals surface area contributed by atoms with E-state index in [0.29, 0.717) is 19.0 Å². The van der Waals surface area contributed by atoms with E-state index in [1.165, 1.54) is 0 Å². The Balaban J connectivity index is 1.81. The summed E-state index contributed by atoms with van der Waals surface area (Å²) in [6, 6.07) is 11.8. The summed E-state index contributed by atoms with van der Waals surface area (Å²) in [4.78, 5) is 8.53. The first-order valence-electron chi connectivity index (χ1n) is 8.29. The van der Waals surface area contributed by atoms with Crippen LogP contribution in [0.5, 0.6) is 11.6 Å². The molecule has 1 aromatic heterocycles. The molecule has 134 valence electrons. The summed E-state index contributed by atoms with van der Waals surface area (Å²) in [5.74, 6) is 2.22. The van der Waals surface area contributed by atoms with E-state index in [-0.39, 0.29) is 6.10 Å². The van der Waals surface area contributed by atoms with Gasteiger partial charge in [-0.3, -0.25) is 4.99 Å². The fraction of sp³-hybridized carbons (Fsp3) is 0.368. The van der Waals surface area contributed by atoms with Crippen LogP contribution in [0, 0.1) is 0 Å². The van der Waals surface area contributed by atoms with Gasteiger partial charge in [0.25, 0.3) is 0 Å². The summed E-state index contributed by atoms with van der Waals surface area (Å²) < 4.78 is 10.7. The lowest BCUT2D eigenvalue weighted by Gasteiger charge is -2.13. The average molecular weight is 342 g/mol. The number of pyridine rings is 1. The third-order valence-corrected chi connectivity index (χ3v) is 3.46. The number of rotatable bonds is 7. The van der Waals surface area contributed by atoms with E-state index in [4.69, 9.17) is 9.47 Å². The molecule has 6 heteroatoms. The van der Waals surface area contributed by atoms with Crippen LogP contribution >= 0.6 is 0 Å². The molecule has 0 saturated carbocycles. The molecule has 0 radical (unpaired) electrons. The molecular weight excluding hydrogens is 316 g/mol. The van der Waals surface area contributed by atoms with Crippen molar-refractivity contribution >= 4 is 5.96 Å². The lowest BCUT2D eigenvalue weighted by atomic mass is 10.2. The van der Waals surface area contributed by atoms with Crippen LogP contribution in [0.25, 0.3) is 0 Å². The first kappa shape index (κ1) is 18.6. The van der Waals surface area contributed by atoms with Crippen LogP contribution < -0.4 is 20.1 Å². The lowest BCUT2D eigenvalue weighted by Crippen LogP contribution is -2.36. The van der Waals surface area contributed by atoms with Gasteiger partial charge in [0, 0.05) is 32.4 Å². The second-order valence-electron chi connectivity index (χ2n) is 5.80. The van der Waals surface area contributed by atoms with E-state index in [9.17, 15) is 0 Å². The molecule has 25 heavy (non-hydrogen) atoms. The fourth-order valence-corrected chi connectivity index (χ4v) is 2.16. The van der Waals surface area contributed by atoms with Crippen molar-refractivity contribution in [2.75, 3.05) is 14.2 Å². The maximum atomic E-state index is 5.54. The molecule has 0 fully saturated rings. The van der Waals surface area contributed by atoms with Gasteiger partial charge in [0.15, 0.2) is 5.96 Å². The zero-order valence-corrected chi connectivity index (χ0v) is 15.2. The largest absolute Gasteiger partial charge is 0.497 e. The van der Waals surface area contributed by atoms with E-state index >= 15 is 0 Å². The smallest absolute Gasteiger partial charge is 0.213 e. The predicted molar refractivity (Wildman–Crippen MR) is 100 cm³/mol. The maximum Gasteiger partial charge on any atom is 0.213 e. The van der Waals surface area contributed by atoms with Crippen molar-refractivity contribution in [3.8, 4) is 11.6 Å². The number of ether oxygens (including phenoxy) is 2. The normalized spacial score (nSPS) is 11.3. The van der Waals surface area contributed by atoms with E-state index in [0.717, 1.165) is 22.8 Å². The minimum Gasteiger partial charge on any atom is -0.497 e. The molecule has 0 atom stereocenters. The van der Waals surface area contributed by atoms with E-state index in [1.54, 1.807) is 14.2 Å². The minimum atomic E-state index is 0.123. The number of aliphatic imine (C=N–C) groups is 1. The first-order chi connectivity index (χ1) is 12.1. The van der Waals surface area contributed by atoms with Crippen LogP contribution in [-0.4, -0.2) is 31.2 Å². The summed E-state index contributed by atoms with van der Waals surface area (Å²) in [6.07, 6.45) is 1.93. The maximum absolute atomic E-state index is 5.54. The van der Waals surface area contributed by atoms with Crippen molar-refractivity contribution in [1.29, 1.82) is 0 Å². The van der Waals surface area contributed by atoms with Gasteiger partial charge in [-0.2, -0.15) is 0 Å².